The lowest BCUT2D eigenvalue weighted by molar-refractivity contribution is 0.0780. The number of ether oxygens (including phenoxy) is 1. The summed E-state index contributed by atoms with van der Waals surface area (Å²) in [5.74, 6) is 0.0591. The average Bonchev–Trinajstić information content (AvgIpc) is 3.19. The molecule has 0 saturated carbocycles. The fourth-order valence-electron chi connectivity index (χ4n) is 4.34. The molecule has 0 radical (unpaired) electrons. The van der Waals surface area contributed by atoms with Gasteiger partial charge in [-0.2, -0.15) is 0 Å². The first kappa shape index (κ1) is 23.4. The molecule has 0 atom stereocenters. The third-order valence-corrected chi connectivity index (χ3v) is 6.87. The summed E-state index contributed by atoms with van der Waals surface area (Å²) in [7, 11) is 0. The second kappa shape index (κ2) is 9.65. The Labute approximate surface area is 198 Å². The molecule has 0 unspecified atom stereocenters. The number of allylic oxidation sites excluding steroid dienone is 2. The van der Waals surface area contributed by atoms with Crippen LogP contribution in [0.2, 0.25) is 0 Å². The van der Waals surface area contributed by atoms with Gasteiger partial charge in [0.15, 0.2) is 0 Å². The number of nitrogens with zero attached hydrogens (tertiary/aromatic N) is 3. The maximum atomic E-state index is 14.0. The average molecular weight is 474 g/mol. The van der Waals surface area contributed by atoms with E-state index in [1.807, 2.05) is 13.8 Å². The number of carbonyl (C=O) groups is 1. The van der Waals surface area contributed by atoms with Crippen LogP contribution in [0.25, 0.3) is 0 Å². The number of amides is 1. The summed E-state index contributed by atoms with van der Waals surface area (Å²) in [5.41, 5.74) is 2.68. The third kappa shape index (κ3) is 4.96. The van der Waals surface area contributed by atoms with Gasteiger partial charge in [0, 0.05) is 30.4 Å². The molecule has 0 bridgehead atoms. The van der Waals surface area contributed by atoms with E-state index in [0.717, 1.165) is 38.2 Å². The van der Waals surface area contributed by atoms with Gasteiger partial charge in [0.05, 0.1) is 35.1 Å². The van der Waals surface area contributed by atoms with Gasteiger partial charge in [-0.1, -0.05) is 18.5 Å². The van der Waals surface area contributed by atoms with Crippen LogP contribution in [0.15, 0.2) is 45.3 Å². The standard InChI is InChI=1S/C24H29ClFN5O2/c1-4-30-9-7-17(8-10-30)33-21-11-16(26)5-6-18(21)24(32)31-12-19(20(27)13-31)23-28-14(2)22(25)15(3)29-23/h5-6,11,17,27-28H,4,7-10,12-13H2,1-3H3/b23-19+,27-20?. The molecule has 4 rings (SSSR count). The monoisotopic (exact) mass is 473 g/mol. The summed E-state index contributed by atoms with van der Waals surface area (Å²) in [6, 6.07) is 4.02. The second-order valence-electron chi connectivity index (χ2n) is 8.62. The van der Waals surface area contributed by atoms with E-state index in [-0.39, 0.29) is 30.9 Å². The van der Waals surface area contributed by atoms with E-state index in [1.54, 1.807) is 4.90 Å². The molecule has 3 aliphatic heterocycles. The van der Waals surface area contributed by atoms with Crippen molar-refractivity contribution in [3.05, 3.63) is 51.7 Å². The van der Waals surface area contributed by atoms with Crippen molar-refractivity contribution in [3.63, 3.8) is 0 Å². The molecule has 1 amide bonds. The minimum Gasteiger partial charge on any atom is -0.489 e. The zero-order chi connectivity index (χ0) is 23.7. The molecule has 0 aliphatic carbocycles. The fourth-order valence-corrected chi connectivity index (χ4v) is 4.43. The van der Waals surface area contributed by atoms with Crippen LogP contribution in [0.5, 0.6) is 5.75 Å². The molecule has 3 aliphatic rings. The molecule has 2 N–H and O–H groups in total. The fraction of sp³-hybridized carbons (Fsp3) is 0.458. The SMILES string of the molecule is CCN1CCC(Oc2cc(F)ccc2C(=O)N2CC(=N)/C(=C3/N=C(C)C(Cl)=C(C)N3)C2)CC1. The highest BCUT2D eigenvalue weighted by atomic mass is 35.5. The Morgan fingerprint density at radius 1 is 1.30 bits per heavy atom. The van der Waals surface area contributed by atoms with Crippen molar-refractivity contribution >= 4 is 28.9 Å². The van der Waals surface area contributed by atoms with Crippen LogP contribution < -0.4 is 10.1 Å². The maximum absolute atomic E-state index is 14.0. The zero-order valence-corrected chi connectivity index (χ0v) is 19.9. The Morgan fingerprint density at radius 2 is 2.03 bits per heavy atom. The highest BCUT2D eigenvalue weighted by molar-refractivity contribution is 6.43. The summed E-state index contributed by atoms with van der Waals surface area (Å²) in [6.45, 7) is 9.00. The van der Waals surface area contributed by atoms with Crippen LogP contribution >= 0.6 is 11.6 Å². The van der Waals surface area contributed by atoms with Crippen molar-refractivity contribution in [2.75, 3.05) is 32.7 Å². The van der Waals surface area contributed by atoms with E-state index in [0.29, 0.717) is 33.4 Å². The highest BCUT2D eigenvalue weighted by Gasteiger charge is 2.32. The molecule has 0 aromatic heterocycles. The predicted octanol–water partition coefficient (Wildman–Crippen LogP) is 3.91. The Bertz CT molecular complexity index is 1070. The van der Waals surface area contributed by atoms with E-state index < -0.39 is 5.82 Å². The first-order valence-electron chi connectivity index (χ1n) is 11.2. The first-order valence-corrected chi connectivity index (χ1v) is 11.6. The number of carbonyl (C=O) groups excluding carboxylic acids is 1. The molecular formula is C24H29ClFN5O2. The smallest absolute Gasteiger partial charge is 0.258 e. The molecule has 7 nitrogen and oxygen atoms in total. The number of hydrogen-bond acceptors (Lipinski definition) is 6. The second-order valence-corrected chi connectivity index (χ2v) is 9.00. The van der Waals surface area contributed by atoms with Gasteiger partial charge >= 0.3 is 0 Å². The minimum absolute atomic E-state index is 0.0565. The summed E-state index contributed by atoms with van der Waals surface area (Å²) in [6.07, 6.45) is 1.61. The van der Waals surface area contributed by atoms with Gasteiger partial charge in [-0.15, -0.1) is 0 Å². The number of piperidine rings is 1. The number of rotatable bonds is 4. The summed E-state index contributed by atoms with van der Waals surface area (Å²) in [4.78, 5) is 21.8. The molecule has 9 heteroatoms. The zero-order valence-electron chi connectivity index (χ0n) is 19.2. The molecule has 1 aromatic rings. The van der Waals surface area contributed by atoms with Crippen LogP contribution in [0, 0.1) is 11.2 Å². The molecule has 1 aromatic carbocycles. The van der Waals surface area contributed by atoms with Crippen LogP contribution in [0.4, 0.5) is 4.39 Å². The van der Waals surface area contributed by atoms with E-state index in [2.05, 4.69) is 22.1 Å². The van der Waals surface area contributed by atoms with Crippen molar-refractivity contribution < 1.29 is 13.9 Å². The van der Waals surface area contributed by atoms with Gasteiger partial charge in [-0.25, -0.2) is 9.38 Å². The summed E-state index contributed by atoms with van der Waals surface area (Å²) < 4.78 is 20.2. The predicted molar refractivity (Wildman–Crippen MR) is 128 cm³/mol. The first-order chi connectivity index (χ1) is 15.8. The molecule has 3 heterocycles. The van der Waals surface area contributed by atoms with Crippen LogP contribution in [0.3, 0.4) is 0 Å². The Balaban J connectivity index is 1.53. The van der Waals surface area contributed by atoms with Crippen molar-refractivity contribution in [2.24, 2.45) is 4.99 Å². The van der Waals surface area contributed by atoms with Crippen molar-refractivity contribution in [3.8, 4) is 5.75 Å². The largest absolute Gasteiger partial charge is 0.489 e. The molecule has 176 valence electrons. The lowest BCUT2D eigenvalue weighted by atomic mass is 10.1. The van der Waals surface area contributed by atoms with Gasteiger partial charge in [-0.05, 0) is 45.4 Å². The van der Waals surface area contributed by atoms with Crippen LogP contribution in [-0.4, -0.2) is 66.0 Å². The van der Waals surface area contributed by atoms with Gasteiger partial charge in [0.25, 0.3) is 5.91 Å². The third-order valence-electron chi connectivity index (χ3n) is 6.32. The normalized spacial score (nSPS) is 22.5. The summed E-state index contributed by atoms with van der Waals surface area (Å²) in [5, 5.41) is 12.1. The summed E-state index contributed by atoms with van der Waals surface area (Å²) >= 11 is 6.21. The van der Waals surface area contributed by atoms with Gasteiger partial charge in [0.2, 0.25) is 0 Å². The van der Waals surface area contributed by atoms with Crippen molar-refractivity contribution in [1.82, 2.24) is 15.1 Å². The highest BCUT2D eigenvalue weighted by Crippen LogP contribution is 2.29. The Kier molecular flexibility index (Phi) is 6.86. The molecular weight excluding hydrogens is 445 g/mol. The quantitative estimate of drug-likeness (QED) is 0.694. The lowest BCUT2D eigenvalue weighted by Crippen LogP contribution is -2.38. The van der Waals surface area contributed by atoms with E-state index in [4.69, 9.17) is 21.7 Å². The van der Waals surface area contributed by atoms with Crippen molar-refractivity contribution in [2.45, 2.75) is 39.7 Å². The Morgan fingerprint density at radius 3 is 2.70 bits per heavy atom. The number of hydrogen-bond donors (Lipinski definition) is 2. The maximum Gasteiger partial charge on any atom is 0.258 e. The number of halogens is 2. The number of likely N-dealkylation sites (tertiary alicyclic amines) is 2. The van der Waals surface area contributed by atoms with Gasteiger partial charge < -0.3 is 25.3 Å². The van der Waals surface area contributed by atoms with Crippen LogP contribution in [0.1, 0.15) is 44.0 Å². The molecule has 33 heavy (non-hydrogen) atoms. The topological polar surface area (TPSA) is 81.0 Å². The molecule has 0 spiro atoms. The van der Waals surface area contributed by atoms with Crippen molar-refractivity contribution in [1.29, 1.82) is 5.41 Å². The lowest BCUT2D eigenvalue weighted by Gasteiger charge is -2.31. The number of nitrogens with one attached hydrogen (secondary N) is 2. The van der Waals surface area contributed by atoms with E-state index in [9.17, 15) is 9.18 Å². The van der Waals surface area contributed by atoms with Gasteiger partial charge in [-0.3, -0.25) is 4.79 Å². The molecule has 2 fully saturated rings. The van der Waals surface area contributed by atoms with Crippen LogP contribution in [-0.2, 0) is 0 Å². The number of benzene rings is 1. The van der Waals surface area contributed by atoms with E-state index in [1.165, 1.54) is 18.2 Å². The minimum atomic E-state index is -0.445. The van der Waals surface area contributed by atoms with Gasteiger partial charge in [0.1, 0.15) is 23.5 Å². The Hall–Kier alpha value is -2.71. The van der Waals surface area contributed by atoms with E-state index >= 15 is 0 Å². The number of aliphatic imine (C=N–C) groups is 1. The molecule has 2 saturated heterocycles.